The van der Waals surface area contributed by atoms with E-state index in [1.54, 1.807) is 61.8 Å². The van der Waals surface area contributed by atoms with E-state index in [0.29, 0.717) is 22.1 Å². The fraction of sp³-hybridized carbons (Fsp3) is 0.105. The fourth-order valence-corrected chi connectivity index (χ4v) is 2.51. The van der Waals surface area contributed by atoms with Crippen LogP contribution >= 0.6 is 11.6 Å². The first kappa shape index (κ1) is 17.7. The smallest absolute Gasteiger partial charge is 0.338 e. The van der Waals surface area contributed by atoms with Crippen LogP contribution in [0.3, 0.4) is 0 Å². The molecule has 0 aliphatic heterocycles. The van der Waals surface area contributed by atoms with Gasteiger partial charge in [0.1, 0.15) is 5.82 Å². The lowest BCUT2D eigenvalue weighted by molar-refractivity contribution is -0.119. The Morgan fingerprint density at radius 3 is 2.65 bits per heavy atom. The molecule has 1 heterocycles. The predicted molar refractivity (Wildman–Crippen MR) is 99.1 cm³/mol. The number of amides is 1. The molecule has 2 N–H and O–H groups in total. The number of ether oxygens (including phenoxy) is 1. The Kier molecular flexibility index (Phi) is 5.34. The average Bonchev–Trinajstić information content (AvgIpc) is 3.18. The number of carbonyl (C=O) groups excluding carboxylic acids is 2. The summed E-state index contributed by atoms with van der Waals surface area (Å²) in [6, 6.07) is 12.0. The van der Waals surface area contributed by atoms with Gasteiger partial charge in [-0.1, -0.05) is 29.8 Å². The van der Waals surface area contributed by atoms with Gasteiger partial charge in [-0.2, -0.15) is 0 Å². The third-order valence-corrected chi connectivity index (χ3v) is 4.18. The van der Waals surface area contributed by atoms with Crippen LogP contribution in [-0.2, 0) is 9.53 Å². The van der Waals surface area contributed by atoms with Gasteiger partial charge in [-0.3, -0.25) is 4.79 Å². The zero-order valence-electron chi connectivity index (χ0n) is 14.0. The van der Waals surface area contributed by atoms with Gasteiger partial charge in [-0.25, -0.2) is 9.78 Å². The molecule has 3 aromatic rings. The maximum atomic E-state index is 12.1. The lowest BCUT2D eigenvalue weighted by Crippen LogP contribution is -2.21. The molecule has 0 fully saturated rings. The molecule has 0 spiro atoms. The van der Waals surface area contributed by atoms with Crippen molar-refractivity contribution in [3.8, 4) is 11.4 Å². The number of H-pyrrole nitrogens is 1. The minimum atomic E-state index is -0.575. The van der Waals surface area contributed by atoms with Gasteiger partial charge in [0.15, 0.2) is 6.61 Å². The number of aromatic nitrogens is 2. The van der Waals surface area contributed by atoms with Crippen LogP contribution in [0.15, 0.2) is 54.9 Å². The molecule has 0 bridgehead atoms. The van der Waals surface area contributed by atoms with Crippen LogP contribution in [-0.4, -0.2) is 28.5 Å². The van der Waals surface area contributed by atoms with Crippen molar-refractivity contribution >= 4 is 29.2 Å². The van der Waals surface area contributed by atoms with E-state index in [4.69, 9.17) is 16.3 Å². The molecule has 2 aromatic carbocycles. The Bertz CT molecular complexity index is 922. The van der Waals surface area contributed by atoms with Crippen LogP contribution in [0, 0.1) is 6.92 Å². The second kappa shape index (κ2) is 7.84. The van der Waals surface area contributed by atoms with E-state index in [2.05, 4.69) is 15.3 Å². The molecule has 0 aliphatic rings. The van der Waals surface area contributed by atoms with Crippen molar-refractivity contribution in [2.75, 3.05) is 11.9 Å². The number of carbonyl (C=O) groups is 2. The molecule has 0 radical (unpaired) electrons. The number of rotatable bonds is 5. The quantitative estimate of drug-likeness (QED) is 0.669. The highest BCUT2D eigenvalue weighted by atomic mass is 35.5. The summed E-state index contributed by atoms with van der Waals surface area (Å²) in [5.74, 6) is -0.300. The van der Waals surface area contributed by atoms with Crippen molar-refractivity contribution in [2.45, 2.75) is 6.92 Å². The van der Waals surface area contributed by atoms with E-state index < -0.39 is 11.9 Å². The fourth-order valence-electron chi connectivity index (χ4n) is 2.33. The molecule has 1 amide bonds. The Morgan fingerprint density at radius 2 is 1.96 bits per heavy atom. The van der Waals surface area contributed by atoms with Gasteiger partial charge in [0.2, 0.25) is 0 Å². The summed E-state index contributed by atoms with van der Waals surface area (Å²) in [6.45, 7) is 1.41. The number of halogens is 1. The van der Waals surface area contributed by atoms with Crippen molar-refractivity contribution in [1.82, 2.24) is 9.97 Å². The van der Waals surface area contributed by atoms with Crippen LogP contribution in [0.25, 0.3) is 11.4 Å². The summed E-state index contributed by atoms with van der Waals surface area (Å²) in [7, 11) is 0. The van der Waals surface area contributed by atoms with Crippen LogP contribution < -0.4 is 5.32 Å². The molecular formula is C19H16ClN3O3. The maximum absolute atomic E-state index is 12.1. The van der Waals surface area contributed by atoms with E-state index in [1.165, 1.54) is 0 Å². The predicted octanol–water partition coefficient (Wildman–Crippen LogP) is 3.83. The second-order valence-electron chi connectivity index (χ2n) is 5.55. The zero-order valence-corrected chi connectivity index (χ0v) is 14.7. The zero-order chi connectivity index (χ0) is 18.5. The molecule has 26 heavy (non-hydrogen) atoms. The number of aromatic amines is 1. The van der Waals surface area contributed by atoms with E-state index >= 15 is 0 Å². The number of benzene rings is 2. The Labute approximate surface area is 155 Å². The van der Waals surface area contributed by atoms with Crippen molar-refractivity contribution in [1.29, 1.82) is 0 Å². The van der Waals surface area contributed by atoms with Gasteiger partial charge in [-0.15, -0.1) is 0 Å². The SMILES string of the molecule is Cc1c(Cl)cccc1NC(=O)COC(=O)c1ccc(-c2ncc[nH]2)cc1. The number of imidazole rings is 1. The van der Waals surface area contributed by atoms with Crippen LogP contribution in [0.2, 0.25) is 5.02 Å². The average molecular weight is 370 g/mol. The summed E-state index contributed by atoms with van der Waals surface area (Å²) in [5, 5.41) is 3.22. The third-order valence-electron chi connectivity index (χ3n) is 3.77. The van der Waals surface area contributed by atoms with Crippen molar-refractivity contribution in [2.24, 2.45) is 0 Å². The minimum Gasteiger partial charge on any atom is -0.452 e. The van der Waals surface area contributed by atoms with Crippen molar-refractivity contribution in [3.63, 3.8) is 0 Å². The van der Waals surface area contributed by atoms with Gasteiger partial charge in [0, 0.05) is 28.7 Å². The largest absolute Gasteiger partial charge is 0.452 e. The lowest BCUT2D eigenvalue weighted by atomic mass is 10.1. The third kappa shape index (κ3) is 4.10. The molecule has 0 aliphatic carbocycles. The molecule has 0 saturated heterocycles. The summed E-state index contributed by atoms with van der Waals surface area (Å²) in [6.07, 6.45) is 3.37. The number of nitrogens with one attached hydrogen (secondary N) is 2. The number of hydrogen-bond donors (Lipinski definition) is 2. The molecular weight excluding hydrogens is 354 g/mol. The van der Waals surface area contributed by atoms with Crippen molar-refractivity contribution in [3.05, 3.63) is 71.0 Å². The van der Waals surface area contributed by atoms with Crippen LogP contribution in [0.5, 0.6) is 0 Å². The summed E-state index contributed by atoms with van der Waals surface area (Å²) in [5.41, 5.74) is 2.54. The first-order valence-electron chi connectivity index (χ1n) is 7.86. The van der Waals surface area contributed by atoms with Crippen LogP contribution in [0.4, 0.5) is 5.69 Å². The molecule has 7 heteroatoms. The van der Waals surface area contributed by atoms with Crippen molar-refractivity contribution < 1.29 is 14.3 Å². The van der Waals surface area contributed by atoms with Gasteiger partial charge < -0.3 is 15.0 Å². The monoisotopic (exact) mass is 369 g/mol. The number of nitrogens with zero attached hydrogens (tertiary/aromatic N) is 1. The minimum absolute atomic E-state index is 0.354. The Hall–Kier alpha value is -3.12. The standard InChI is InChI=1S/C19H16ClN3O3/c1-12-15(20)3-2-4-16(12)23-17(24)11-26-19(25)14-7-5-13(6-8-14)18-21-9-10-22-18/h2-10H,11H2,1H3,(H,21,22)(H,23,24). The molecule has 1 aromatic heterocycles. The molecule has 6 nitrogen and oxygen atoms in total. The summed E-state index contributed by atoms with van der Waals surface area (Å²) in [4.78, 5) is 31.2. The highest BCUT2D eigenvalue weighted by molar-refractivity contribution is 6.31. The van der Waals surface area contributed by atoms with Crippen LogP contribution in [0.1, 0.15) is 15.9 Å². The first-order chi connectivity index (χ1) is 12.5. The van der Waals surface area contributed by atoms with Gasteiger partial charge in [-0.05, 0) is 36.8 Å². The summed E-state index contributed by atoms with van der Waals surface area (Å²) < 4.78 is 5.06. The Morgan fingerprint density at radius 1 is 1.19 bits per heavy atom. The highest BCUT2D eigenvalue weighted by Gasteiger charge is 2.12. The number of hydrogen-bond acceptors (Lipinski definition) is 4. The molecule has 0 atom stereocenters. The van der Waals surface area contributed by atoms with E-state index in [1.807, 2.05) is 0 Å². The molecule has 0 saturated carbocycles. The number of anilines is 1. The van der Waals surface area contributed by atoms with Gasteiger partial charge in [0.25, 0.3) is 5.91 Å². The Balaban J connectivity index is 1.56. The van der Waals surface area contributed by atoms with E-state index in [-0.39, 0.29) is 6.61 Å². The summed E-state index contributed by atoms with van der Waals surface area (Å²) >= 11 is 6.01. The van der Waals surface area contributed by atoms with E-state index in [0.717, 1.165) is 11.1 Å². The normalized spacial score (nSPS) is 10.4. The number of esters is 1. The topological polar surface area (TPSA) is 84.1 Å². The van der Waals surface area contributed by atoms with Gasteiger partial charge >= 0.3 is 5.97 Å². The first-order valence-corrected chi connectivity index (χ1v) is 8.24. The van der Waals surface area contributed by atoms with Gasteiger partial charge in [0.05, 0.1) is 5.56 Å². The molecule has 132 valence electrons. The molecule has 3 rings (SSSR count). The lowest BCUT2D eigenvalue weighted by Gasteiger charge is -2.10. The highest BCUT2D eigenvalue weighted by Crippen LogP contribution is 2.22. The van der Waals surface area contributed by atoms with E-state index in [9.17, 15) is 9.59 Å². The maximum Gasteiger partial charge on any atom is 0.338 e. The molecule has 0 unspecified atom stereocenters. The second-order valence-corrected chi connectivity index (χ2v) is 5.96.